The summed E-state index contributed by atoms with van der Waals surface area (Å²) in [4.78, 5) is 12.5. The van der Waals surface area contributed by atoms with E-state index in [9.17, 15) is 13.2 Å². The van der Waals surface area contributed by atoms with Gasteiger partial charge in [0.05, 0.1) is 10.6 Å². The number of aryl methyl sites for hydroxylation is 2. The molecular formula is C20H19N3O3S2. The van der Waals surface area contributed by atoms with Gasteiger partial charge in [-0.05, 0) is 42.5 Å². The van der Waals surface area contributed by atoms with E-state index in [-0.39, 0.29) is 18.1 Å². The van der Waals surface area contributed by atoms with Crippen molar-refractivity contribution in [2.24, 2.45) is 0 Å². The predicted molar refractivity (Wildman–Crippen MR) is 109 cm³/mol. The fraction of sp³-hybridized carbons (Fsp3) is 0.250. The third kappa shape index (κ3) is 4.13. The molecule has 2 aromatic carbocycles. The minimum atomic E-state index is -3.50. The van der Waals surface area contributed by atoms with Crippen molar-refractivity contribution in [2.75, 3.05) is 11.1 Å². The van der Waals surface area contributed by atoms with Gasteiger partial charge in [-0.1, -0.05) is 47.7 Å². The lowest BCUT2D eigenvalue weighted by molar-refractivity contribution is -0.115. The Morgan fingerprint density at radius 2 is 1.82 bits per heavy atom. The molecule has 1 aliphatic rings. The Kier molecular flexibility index (Phi) is 5.23. The van der Waals surface area contributed by atoms with Crippen LogP contribution in [0.2, 0.25) is 0 Å². The summed E-state index contributed by atoms with van der Waals surface area (Å²) in [5.74, 6) is -0.623. The Hall–Kier alpha value is -2.58. The van der Waals surface area contributed by atoms with Gasteiger partial charge in [0.1, 0.15) is 5.01 Å². The monoisotopic (exact) mass is 413 g/mol. The number of sulfone groups is 1. The van der Waals surface area contributed by atoms with E-state index in [2.05, 4.69) is 15.5 Å². The first-order chi connectivity index (χ1) is 13.5. The maximum Gasteiger partial charge on any atom is 0.227 e. The summed E-state index contributed by atoms with van der Waals surface area (Å²) in [6.07, 6.45) is 2.86. The Labute approximate surface area is 167 Å². The second-order valence-corrected chi connectivity index (χ2v) is 9.77. The Balaban J connectivity index is 1.37. The van der Waals surface area contributed by atoms with Gasteiger partial charge in [0.15, 0.2) is 9.84 Å². The summed E-state index contributed by atoms with van der Waals surface area (Å²) in [6, 6.07) is 14.8. The fourth-order valence-electron chi connectivity index (χ4n) is 3.24. The van der Waals surface area contributed by atoms with Gasteiger partial charge in [0.2, 0.25) is 11.0 Å². The largest absolute Gasteiger partial charge is 0.300 e. The topological polar surface area (TPSA) is 89.0 Å². The van der Waals surface area contributed by atoms with Gasteiger partial charge in [-0.3, -0.25) is 4.79 Å². The molecule has 0 aliphatic heterocycles. The van der Waals surface area contributed by atoms with Crippen LogP contribution in [0, 0.1) is 0 Å². The number of fused-ring (bicyclic) bond motifs is 1. The molecule has 0 unspecified atom stereocenters. The SMILES string of the molecule is O=C(CCS(=O)(=O)c1ccc2c(c1)CCC2)Nc1nnc(-c2ccccc2)s1. The van der Waals surface area contributed by atoms with Gasteiger partial charge in [0, 0.05) is 12.0 Å². The van der Waals surface area contributed by atoms with Crippen LogP contribution in [0.1, 0.15) is 24.0 Å². The van der Waals surface area contributed by atoms with Crippen LogP contribution in [0.4, 0.5) is 5.13 Å². The Bertz CT molecular complexity index is 1110. The molecule has 3 aromatic rings. The molecule has 0 fully saturated rings. The first kappa shape index (κ1) is 18.8. The highest BCUT2D eigenvalue weighted by molar-refractivity contribution is 7.91. The number of nitrogens with one attached hydrogen (secondary N) is 1. The molecule has 0 saturated heterocycles. The van der Waals surface area contributed by atoms with E-state index in [4.69, 9.17) is 0 Å². The first-order valence-electron chi connectivity index (χ1n) is 9.05. The average molecular weight is 414 g/mol. The quantitative estimate of drug-likeness (QED) is 0.668. The summed E-state index contributed by atoms with van der Waals surface area (Å²) in [5, 5.41) is 11.7. The summed E-state index contributed by atoms with van der Waals surface area (Å²) in [7, 11) is -3.50. The molecule has 1 heterocycles. The molecule has 1 aliphatic carbocycles. The minimum Gasteiger partial charge on any atom is -0.300 e. The summed E-state index contributed by atoms with van der Waals surface area (Å²) in [5.41, 5.74) is 3.25. The number of benzene rings is 2. The number of hydrogen-bond donors (Lipinski definition) is 1. The van der Waals surface area contributed by atoms with Crippen LogP contribution in [-0.4, -0.2) is 30.3 Å². The van der Waals surface area contributed by atoms with Crippen molar-refractivity contribution >= 4 is 32.2 Å². The van der Waals surface area contributed by atoms with Gasteiger partial charge in [0.25, 0.3) is 0 Å². The highest BCUT2D eigenvalue weighted by Gasteiger charge is 2.20. The van der Waals surface area contributed by atoms with E-state index in [1.807, 2.05) is 36.4 Å². The number of amides is 1. The minimum absolute atomic E-state index is 0.125. The lowest BCUT2D eigenvalue weighted by Crippen LogP contribution is -2.17. The maximum atomic E-state index is 12.6. The number of nitrogens with zero attached hydrogens (tertiary/aromatic N) is 2. The van der Waals surface area contributed by atoms with Crippen molar-refractivity contribution in [3.63, 3.8) is 0 Å². The van der Waals surface area contributed by atoms with Gasteiger partial charge < -0.3 is 5.32 Å². The van der Waals surface area contributed by atoms with E-state index in [1.165, 1.54) is 16.9 Å². The normalized spacial score (nSPS) is 13.3. The van der Waals surface area contributed by atoms with Crippen LogP contribution < -0.4 is 5.32 Å². The highest BCUT2D eigenvalue weighted by atomic mass is 32.2. The van der Waals surface area contributed by atoms with Crippen LogP contribution in [0.3, 0.4) is 0 Å². The molecule has 28 heavy (non-hydrogen) atoms. The maximum absolute atomic E-state index is 12.6. The zero-order valence-electron chi connectivity index (χ0n) is 15.1. The molecule has 1 N–H and O–H groups in total. The van der Waals surface area contributed by atoms with Gasteiger partial charge in [-0.15, -0.1) is 10.2 Å². The molecule has 6 nitrogen and oxygen atoms in total. The molecule has 0 saturated carbocycles. The number of aromatic nitrogens is 2. The van der Waals surface area contributed by atoms with Crippen molar-refractivity contribution in [3.8, 4) is 10.6 Å². The van der Waals surface area contributed by atoms with Gasteiger partial charge in [-0.25, -0.2) is 8.42 Å². The van der Waals surface area contributed by atoms with E-state index in [1.54, 1.807) is 12.1 Å². The number of rotatable bonds is 6. The third-order valence-corrected chi connectivity index (χ3v) is 7.32. The van der Waals surface area contributed by atoms with E-state index < -0.39 is 9.84 Å². The van der Waals surface area contributed by atoms with Crippen molar-refractivity contribution in [3.05, 3.63) is 59.7 Å². The zero-order valence-corrected chi connectivity index (χ0v) is 16.7. The van der Waals surface area contributed by atoms with Crippen molar-refractivity contribution in [1.82, 2.24) is 10.2 Å². The zero-order chi connectivity index (χ0) is 19.6. The van der Waals surface area contributed by atoms with Gasteiger partial charge >= 0.3 is 0 Å². The number of anilines is 1. The van der Waals surface area contributed by atoms with Gasteiger partial charge in [-0.2, -0.15) is 0 Å². The lowest BCUT2D eigenvalue weighted by Gasteiger charge is -2.07. The summed E-state index contributed by atoms with van der Waals surface area (Å²) in [6.45, 7) is 0. The molecule has 8 heteroatoms. The van der Waals surface area contributed by atoms with Crippen molar-refractivity contribution < 1.29 is 13.2 Å². The van der Waals surface area contributed by atoms with Crippen LogP contribution >= 0.6 is 11.3 Å². The predicted octanol–water partition coefficient (Wildman–Crippen LogP) is 3.50. The number of hydrogen-bond acceptors (Lipinski definition) is 6. The van der Waals surface area contributed by atoms with Crippen LogP contribution in [-0.2, 0) is 27.5 Å². The van der Waals surface area contributed by atoms with Crippen LogP contribution in [0.5, 0.6) is 0 Å². The second kappa shape index (κ2) is 7.81. The average Bonchev–Trinajstić information content (AvgIpc) is 3.36. The van der Waals surface area contributed by atoms with Crippen LogP contribution in [0.25, 0.3) is 10.6 Å². The number of carbonyl (C=O) groups is 1. The van der Waals surface area contributed by atoms with Crippen LogP contribution in [0.15, 0.2) is 53.4 Å². The summed E-state index contributed by atoms with van der Waals surface area (Å²) < 4.78 is 25.1. The number of carbonyl (C=O) groups excluding carboxylic acids is 1. The fourth-order valence-corrected chi connectivity index (χ4v) is 5.29. The molecule has 0 spiro atoms. The molecule has 0 atom stereocenters. The van der Waals surface area contributed by atoms with E-state index in [0.717, 1.165) is 30.4 Å². The molecule has 4 rings (SSSR count). The molecule has 1 amide bonds. The molecule has 144 valence electrons. The molecule has 0 radical (unpaired) electrons. The van der Waals surface area contributed by atoms with Crippen molar-refractivity contribution in [2.45, 2.75) is 30.6 Å². The smallest absolute Gasteiger partial charge is 0.227 e. The standard InChI is InChI=1S/C20H19N3O3S2/c24-18(21-20-23-22-19(27-20)15-5-2-1-3-6-15)11-12-28(25,26)17-10-9-14-7-4-8-16(14)13-17/h1-3,5-6,9-10,13H,4,7-8,11-12H2,(H,21,23,24). The first-order valence-corrected chi connectivity index (χ1v) is 11.5. The Morgan fingerprint density at radius 1 is 1.04 bits per heavy atom. The second-order valence-electron chi connectivity index (χ2n) is 6.68. The van der Waals surface area contributed by atoms with E-state index >= 15 is 0 Å². The molecule has 1 aromatic heterocycles. The lowest BCUT2D eigenvalue weighted by atomic mass is 10.1. The summed E-state index contributed by atoms with van der Waals surface area (Å²) >= 11 is 1.25. The Morgan fingerprint density at radius 3 is 2.64 bits per heavy atom. The highest BCUT2D eigenvalue weighted by Crippen LogP contribution is 2.27. The van der Waals surface area contributed by atoms with E-state index in [0.29, 0.717) is 15.0 Å². The third-order valence-electron chi connectivity index (χ3n) is 4.72. The molecular weight excluding hydrogens is 394 g/mol. The molecule has 0 bridgehead atoms. The van der Waals surface area contributed by atoms with Crippen molar-refractivity contribution in [1.29, 1.82) is 0 Å².